The summed E-state index contributed by atoms with van der Waals surface area (Å²) in [6.45, 7) is 2.22. The summed E-state index contributed by atoms with van der Waals surface area (Å²) in [5.74, 6) is 0. The van der Waals surface area contributed by atoms with E-state index in [1.165, 1.54) is 18.1 Å². The van der Waals surface area contributed by atoms with E-state index in [0.29, 0.717) is 0 Å². The summed E-state index contributed by atoms with van der Waals surface area (Å²) in [6.07, 6.45) is 2.74. The highest BCUT2D eigenvalue weighted by Gasteiger charge is 1.86. The molecule has 2 heteroatoms. The lowest BCUT2D eigenvalue weighted by molar-refractivity contribution is 0.879. The minimum absolute atomic E-state index is 0.176. The third-order valence-corrected chi connectivity index (χ3v) is 3.06. The monoisotopic (exact) mass is 134 g/mol. The van der Waals surface area contributed by atoms with Crippen LogP contribution < -0.4 is 0 Å². The van der Waals surface area contributed by atoms with Crippen molar-refractivity contribution in [2.24, 2.45) is 0 Å². The summed E-state index contributed by atoms with van der Waals surface area (Å²) in [7, 11) is 0. The molecule has 0 N–H and O–H groups in total. The fraction of sp³-hybridized carbons (Fsp3) is 1.00. The summed E-state index contributed by atoms with van der Waals surface area (Å²) in [5.41, 5.74) is 0. The van der Waals surface area contributed by atoms with E-state index in [-0.39, 0.29) is 15.2 Å². The lowest BCUT2D eigenvalue weighted by atomic mass is 10.4. The predicted molar refractivity (Wildman–Crippen MR) is 37.6 cm³/mol. The van der Waals surface area contributed by atoms with E-state index in [4.69, 9.17) is 11.6 Å². The maximum atomic E-state index is 5.50. The molecule has 0 aromatic heterocycles. The molecule has 0 aliphatic heterocycles. The Morgan fingerprint density at radius 2 is 2.29 bits per heavy atom. The SMILES string of the molecule is CCC[CH2][AlH][CH2]Cl. The Morgan fingerprint density at radius 3 is 2.71 bits per heavy atom. The largest absolute Gasteiger partial charge is 0.259 e. The molecule has 0 amide bonds. The molecule has 0 bridgehead atoms. The molecule has 0 atom stereocenters. The van der Waals surface area contributed by atoms with Crippen LogP contribution in [0.4, 0.5) is 0 Å². The van der Waals surface area contributed by atoms with E-state index in [9.17, 15) is 0 Å². The van der Waals surface area contributed by atoms with Crippen molar-refractivity contribution in [1.82, 2.24) is 0 Å². The fourth-order valence-electron chi connectivity index (χ4n) is 0.521. The van der Waals surface area contributed by atoms with Crippen molar-refractivity contribution in [3.63, 3.8) is 0 Å². The molecule has 0 saturated heterocycles. The molecule has 0 unspecified atom stereocenters. The Hall–Kier alpha value is 0.822. The highest BCUT2D eigenvalue weighted by molar-refractivity contribution is 6.50. The Kier molecular flexibility index (Phi) is 7.62. The Balaban J connectivity index is 2.45. The lowest BCUT2D eigenvalue weighted by Crippen LogP contribution is -1.88. The Labute approximate surface area is 57.0 Å². The third-order valence-electron chi connectivity index (χ3n) is 0.987. The summed E-state index contributed by atoms with van der Waals surface area (Å²) in [5, 5.41) is 1.44. The first-order chi connectivity index (χ1) is 3.41. The zero-order valence-corrected chi connectivity index (χ0v) is 7.08. The van der Waals surface area contributed by atoms with Crippen LogP contribution in [0.1, 0.15) is 19.8 Å². The van der Waals surface area contributed by atoms with Crippen LogP contribution in [0.2, 0.25) is 5.28 Å². The zero-order chi connectivity index (χ0) is 5.54. The third kappa shape index (κ3) is 6.82. The van der Waals surface area contributed by atoms with Gasteiger partial charge in [-0.05, 0) is 4.74 Å². The standard InChI is InChI=1S/C4H9.CH2Cl.Al.H/c1-3-4-2;1-2;;/h1,3-4H2,2H3;1H2;;. The van der Waals surface area contributed by atoms with E-state index in [0.717, 1.165) is 4.74 Å². The molecular formula is C5H12AlCl. The molecule has 0 spiro atoms. The van der Waals surface area contributed by atoms with Gasteiger partial charge in [0.25, 0.3) is 15.2 Å². The summed E-state index contributed by atoms with van der Waals surface area (Å²) >= 11 is 5.68. The molecule has 0 rings (SSSR count). The predicted octanol–water partition coefficient (Wildman–Crippen LogP) is 1.84. The number of halogens is 1. The van der Waals surface area contributed by atoms with Gasteiger partial charge in [-0.25, -0.2) is 0 Å². The second kappa shape index (κ2) is 6.82. The van der Waals surface area contributed by atoms with Crippen molar-refractivity contribution in [1.29, 1.82) is 0 Å². The molecule has 0 aromatic carbocycles. The lowest BCUT2D eigenvalue weighted by Gasteiger charge is -1.86. The van der Waals surface area contributed by atoms with Crippen LogP contribution in [0.5, 0.6) is 0 Å². The van der Waals surface area contributed by atoms with Crippen LogP contribution in [-0.2, 0) is 0 Å². The van der Waals surface area contributed by atoms with Crippen molar-refractivity contribution in [2.45, 2.75) is 25.0 Å². The van der Waals surface area contributed by atoms with Gasteiger partial charge in [0.1, 0.15) is 0 Å². The number of unbranched alkanes of at least 4 members (excludes halogenated alkanes) is 1. The van der Waals surface area contributed by atoms with Gasteiger partial charge in [-0.1, -0.05) is 25.0 Å². The number of alkyl halides is 1. The van der Waals surface area contributed by atoms with Gasteiger partial charge in [0.15, 0.2) is 0 Å². The van der Waals surface area contributed by atoms with E-state index in [2.05, 4.69) is 6.92 Å². The van der Waals surface area contributed by atoms with Gasteiger partial charge < -0.3 is 0 Å². The molecule has 42 valence electrons. The van der Waals surface area contributed by atoms with E-state index in [1.54, 1.807) is 0 Å². The normalized spacial score (nSPS) is 8.86. The number of rotatable bonds is 4. The molecule has 0 aliphatic rings. The quantitative estimate of drug-likeness (QED) is 0.313. The second-order valence-corrected chi connectivity index (χ2v) is 4.68. The number of hydrogen-bond acceptors (Lipinski definition) is 0. The van der Waals surface area contributed by atoms with E-state index >= 15 is 0 Å². The first-order valence-electron chi connectivity index (χ1n) is 2.97. The van der Waals surface area contributed by atoms with Crippen LogP contribution >= 0.6 is 11.6 Å². The van der Waals surface area contributed by atoms with Crippen LogP contribution in [0.15, 0.2) is 0 Å². The molecule has 7 heavy (non-hydrogen) atoms. The van der Waals surface area contributed by atoms with Crippen LogP contribution in [0.3, 0.4) is 0 Å². The molecule has 0 radical (unpaired) electrons. The minimum atomic E-state index is 0.176. The Bertz CT molecular complexity index is 27.3. The second-order valence-electron chi connectivity index (χ2n) is 1.75. The van der Waals surface area contributed by atoms with Gasteiger partial charge >= 0.3 is 0 Å². The smallest absolute Gasteiger partial charge is 0.143 e. The average molecular weight is 135 g/mol. The fourth-order valence-corrected chi connectivity index (χ4v) is 2.13. The van der Waals surface area contributed by atoms with Crippen LogP contribution in [0, 0.1) is 0 Å². The first kappa shape index (κ1) is 7.82. The summed E-state index contributed by atoms with van der Waals surface area (Å²) < 4.78 is 0.972. The molecule has 0 fully saturated rings. The van der Waals surface area contributed by atoms with E-state index < -0.39 is 0 Å². The average Bonchev–Trinajstić information content (AvgIpc) is 1.69. The highest BCUT2D eigenvalue weighted by Crippen LogP contribution is 1.92. The van der Waals surface area contributed by atoms with Crippen molar-refractivity contribution < 1.29 is 0 Å². The van der Waals surface area contributed by atoms with E-state index in [1.807, 2.05) is 0 Å². The molecular weight excluding hydrogens is 122 g/mol. The van der Waals surface area contributed by atoms with Gasteiger partial charge in [-0.3, -0.25) is 0 Å². The van der Waals surface area contributed by atoms with Crippen molar-refractivity contribution in [3.8, 4) is 0 Å². The topological polar surface area (TPSA) is 0 Å². The summed E-state index contributed by atoms with van der Waals surface area (Å²) in [4.78, 5) is 0. The molecule has 0 aliphatic carbocycles. The van der Waals surface area contributed by atoms with Gasteiger partial charge in [0.05, 0.1) is 0 Å². The van der Waals surface area contributed by atoms with Gasteiger partial charge in [0.2, 0.25) is 0 Å². The maximum absolute atomic E-state index is 5.50. The van der Waals surface area contributed by atoms with Crippen molar-refractivity contribution in [3.05, 3.63) is 0 Å². The summed E-state index contributed by atoms with van der Waals surface area (Å²) in [6, 6.07) is 0. The first-order valence-corrected chi connectivity index (χ1v) is 5.51. The Morgan fingerprint density at radius 1 is 1.57 bits per heavy atom. The van der Waals surface area contributed by atoms with Crippen molar-refractivity contribution >= 4 is 26.8 Å². The maximum Gasteiger partial charge on any atom is 0.259 e. The van der Waals surface area contributed by atoms with Gasteiger partial charge in [-0.15, -0.1) is 11.6 Å². The zero-order valence-electron chi connectivity index (χ0n) is 4.91. The van der Waals surface area contributed by atoms with Gasteiger partial charge in [0, 0.05) is 0 Å². The van der Waals surface area contributed by atoms with Gasteiger partial charge in [-0.2, -0.15) is 0 Å². The molecule has 0 saturated carbocycles. The van der Waals surface area contributed by atoms with Crippen LogP contribution in [-0.4, -0.2) is 20.0 Å². The molecule has 0 nitrogen and oxygen atoms in total. The molecule has 0 aromatic rings. The van der Waals surface area contributed by atoms with Crippen molar-refractivity contribution in [2.75, 3.05) is 4.74 Å². The number of hydrogen-bond donors (Lipinski definition) is 0. The molecule has 0 heterocycles. The minimum Gasteiger partial charge on any atom is -0.143 e. The highest BCUT2D eigenvalue weighted by atomic mass is 35.5. The van der Waals surface area contributed by atoms with Crippen LogP contribution in [0.25, 0.3) is 0 Å².